The van der Waals surface area contributed by atoms with Crippen molar-refractivity contribution in [3.63, 3.8) is 0 Å². The van der Waals surface area contributed by atoms with Crippen molar-refractivity contribution in [3.8, 4) is 0 Å². The van der Waals surface area contributed by atoms with Crippen LogP contribution in [0.1, 0.15) is 26.0 Å². The van der Waals surface area contributed by atoms with Gasteiger partial charge in [-0.1, -0.05) is 0 Å². The fraction of sp³-hybridized carbons (Fsp3) is 0.750. The molecular weight excluding hydrogens is 218 g/mol. The second-order valence-corrected chi connectivity index (χ2v) is 4.61. The van der Waals surface area contributed by atoms with Crippen LogP contribution >= 0.6 is 0 Å². The molecular formula is C12H21N3O2. The lowest BCUT2D eigenvalue weighted by Crippen LogP contribution is -2.45. The molecule has 2 N–H and O–H groups in total. The normalized spacial score (nSPS) is 28.8. The van der Waals surface area contributed by atoms with Crippen molar-refractivity contribution in [1.29, 1.82) is 0 Å². The van der Waals surface area contributed by atoms with Gasteiger partial charge in [-0.05, 0) is 19.9 Å². The van der Waals surface area contributed by atoms with Crippen LogP contribution in [-0.2, 0) is 17.8 Å². The average Bonchev–Trinajstić information content (AvgIpc) is 2.88. The third-order valence-corrected chi connectivity index (χ3v) is 3.50. The van der Waals surface area contributed by atoms with E-state index in [1.165, 1.54) is 0 Å². The Labute approximate surface area is 102 Å². The minimum atomic E-state index is -0.725. The zero-order valence-electron chi connectivity index (χ0n) is 10.5. The standard InChI is InChI=1S/C12H21N3O2/c1-3-15-11(4-6-14-15)8-13-9-12(16)5-7-17-10(12)2/h4,6,10,13,16H,3,5,7-9H2,1-2H3. The van der Waals surface area contributed by atoms with Gasteiger partial charge in [-0.25, -0.2) is 0 Å². The molecule has 0 aliphatic carbocycles. The van der Waals surface area contributed by atoms with Crippen LogP contribution in [0.2, 0.25) is 0 Å². The third-order valence-electron chi connectivity index (χ3n) is 3.50. The second-order valence-electron chi connectivity index (χ2n) is 4.61. The van der Waals surface area contributed by atoms with Gasteiger partial charge < -0.3 is 15.2 Å². The van der Waals surface area contributed by atoms with Gasteiger partial charge in [0.1, 0.15) is 5.60 Å². The quantitative estimate of drug-likeness (QED) is 0.787. The van der Waals surface area contributed by atoms with Crippen molar-refractivity contribution in [3.05, 3.63) is 18.0 Å². The predicted molar refractivity (Wildman–Crippen MR) is 64.6 cm³/mol. The highest BCUT2D eigenvalue weighted by atomic mass is 16.5. The molecule has 5 nitrogen and oxygen atoms in total. The molecule has 1 aliphatic rings. The maximum absolute atomic E-state index is 10.3. The summed E-state index contributed by atoms with van der Waals surface area (Å²) in [5, 5.41) is 17.8. The van der Waals surface area contributed by atoms with Crippen LogP contribution in [-0.4, -0.2) is 39.7 Å². The number of aryl methyl sites for hydroxylation is 1. The lowest BCUT2D eigenvalue weighted by atomic mass is 9.97. The summed E-state index contributed by atoms with van der Waals surface area (Å²) in [5.41, 5.74) is 0.416. The molecule has 17 heavy (non-hydrogen) atoms. The Morgan fingerprint density at radius 1 is 1.71 bits per heavy atom. The molecule has 5 heteroatoms. The summed E-state index contributed by atoms with van der Waals surface area (Å²) >= 11 is 0. The molecule has 1 aromatic heterocycles. The summed E-state index contributed by atoms with van der Waals surface area (Å²) < 4.78 is 7.34. The first kappa shape index (κ1) is 12.5. The molecule has 2 atom stereocenters. The number of aliphatic hydroxyl groups is 1. The molecule has 2 unspecified atom stereocenters. The predicted octanol–water partition coefficient (Wildman–Crippen LogP) is 0.532. The van der Waals surface area contributed by atoms with Crippen molar-refractivity contribution in [1.82, 2.24) is 15.1 Å². The molecule has 1 saturated heterocycles. The summed E-state index contributed by atoms with van der Waals surface area (Å²) in [4.78, 5) is 0. The largest absolute Gasteiger partial charge is 0.386 e. The molecule has 0 spiro atoms. The van der Waals surface area contributed by atoms with E-state index in [2.05, 4.69) is 17.3 Å². The van der Waals surface area contributed by atoms with E-state index in [-0.39, 0.29) is 6.10 Å². The van der Waals surface area contributed by atoms with Gasteiger partial charge in [-0.15, -0.1) is 0 Å². The molecule has 0 radical (unpaired) electrons. The lowest BCUT2D eigenvalue weighted by Gasteiger charge is -2.26. The number of rotatable bonds is 5. The van der Waals surface area contributed by atoms with E-state index >= 15 is 0 Å². The maximum Gasteiger partial charge on any atom is 0.105 e. The molecule has 2 heterocycles. The number of hydrogen-bond acceptors (Lipinski definition) is 4. The van der Waals surface area contributed by atoms with Gasteiger partial charge >= 0.3 is 0 Å². The van der Waals surface area contributed by atoms with Crippen LogP contribution in [0.4, 0.5) is 0 Å². The van der Waals surface area contributed by atoms with Crippen molar-refractivity contribution in [2.75, 3.05) is 13.2 Å². The van der Waals surface area contributed by atoms with E-state index in [0.29, 0.717) is 19.6 Å². The number of nitrogens with zero attached hydrogens (tertiary/aromatic N) is 2. The molecule has 0 bridgehead atoms. The van der Waals surface area contributed by atoms with Crippen molar-refractivity contribution >= 4 is 0 Å². The maximum atomic E-state index is 10.3. The summed E-state index contributed by atoms with van der Waals surface area (Å²) in [5.74, 6) is 0. The topological polar surface area (TPSA) is 59.3 Å². The highest BCUT2D eigenvalue weighted by molar-refractivity contribution is 5.01. The van der Waals surface area contributed by atoms with E-state index < -0.39 is 5.60 Å². The Morgan fingerprint density at radius 3 is 3.18 bits per heavy atom. The van der Waals surface area contributed by atoms with Crippen LogP contribution in [0, 0.1) is 0 Å². The van der Waals surface area contributed by atoms with Crippen molar-refractivity contribution in [2.24, 2.45) is 0 Å². The number of nitrogens with one attached hydrogen (secondary N) is 1. The molecule has 96 valence electrons. The smallest absolute Gasteiger partial charge is 0.105 e. The number of ether oxygens (including phenoxy) is 1. The molecule has 0 amide bonds. The Bertz CT molecular complexity index is 366. The highest BCUT2D eigenvalue weighted by Crippen LogP contribution is 2.24. The highest BCUT2D eigenvalue weighted by Gasteiger charge is 2.38. The van der Waals surface area contributed by atoms with Gasteiger partial charge in [0.05, 0.1) is 11.8 Å². The monoisotopic (exact) mass is 239 g/mol. The van der Waals surface area contributed by atoms with Crippen LogP contribution in [0.15, 0.2) is 12.3 Å². The minimum absolute atomic E-state index is 0.0916. The average molecular weight is 239 g/mol. The Balaban J connectivity index is 1.83. The molecule has 0 saturated carbocycles. The fourth-order valence-corrected chi connectivity index (χ4v) is 2.20. The van der Waals surface area contributed by atoms with Gasteiger partial charge in [0, 0.05) is 38.9 Å². The lowest BCUT2D eigenvalue weighted by molar-refractivity contribution is -0.0263. The van der Waals surface area contributed by atoms with Gasteiger partial charge in [0.15, 0.2) is 0 Å². The number of aromatic nitrogens is 2. The Morgan fingerprint density at radius 2 is 2.53 bits per heavy atom. The molecule has 2 rings (SSSR count). The van der Waals surface area contributed by atoms with Crippen molar-refractivity contribution < 1.29 is 9.84 Å². The van der Waals surface area contributed by atoms with Gasteiger partial charge in [0.2, 0.25) is 0 Å². The summed E-state index contributed by atoms with van der Waals surface area (Å²) in [6.45, 7) is 6.79. The fourth-order valence-electron chi connectivity index (χ4n) is 2.20. The SMILES string of the molecule is CCn1nccc1CNCC1(O)CCOC1C. The van der Waals surface area contributed by atoms with E-state index in [4.69, 9.17) is 4.74 Å². The van der Waals surface area contributed by atoms with Crippen LogP contribution in [0.5, 0.6) is 0 Å². The summed E-state index contributed by atoms with van der Waals surface area (Å²) in [7, 11) is 0. The van der Waals surface area contributed by atoms with E-state index in [9.17, 15) is 5.11 Å². The van der Waals surface area contributed by atoms with Crippen LogP contribution in [0.25, 0.3) is 0 Å². The first-order valence-electron chi connectivity index (χ1n) is 6.21. The minimum Gasteiger partial charge on any atom is -0.386 e. The van der Waals surface area contributed by atoms with E-state index in [1.54, 1.807) is 6.20 Å². The van der Waals surface area contributed by atoms with Gasteiger partial charge in [-0.3, -0.25) is 4.68 Å². The van der Waals surface area contributed by atoms with E-state index in [1.807, 2.05) is 17.7 Å². The van der Waals surface area contributed by atoms with Gasteiger partial charge in [0.25, 0.3) is 0 Å². The Kier molecular flexibility index (Phi) is 3.81. The molecule has 1 fully saturated rings. The zero-order chi connectivity index (χ0) is 12.3. The summed E-state index contributed by atoms with van der Waals surface area (Å²) in [6.07, 6.45) is 2.41. The first-order chi connectivity index (χ1) is 8.15. The third kappa shape index (κ3) is 2.68. The van der Waals surface area contributed by atoms with Crippen LogP contribution < -0.4 is 5.32 Å². The number of hydrogen-bond donors (Lipinski definition) is 2. The van der Waals surface area contributed by atoms with Crippen LogP contribution in [0.3, 0.4) is 0 Å². The first-order valence-corrected chi connectivity index (χ1v) is 6.21. The molecule has 0 aromatic carbocycles. The molecule has 1 aliphatic heterocycles. The zero-order valence-corrected chi connectivity index (χ0v) is 10.5. The van der Waals surface area contributed by atoms with E-state index in [0.717, 1.165) is 18.8 Å². The van der Waals surface area contributed by atoms with Gasteiger partial charge in [-0.2, -0.15) is 5.10 Å². The molecule has 1 aromatic rings. The Hall–Kier alpha value is -0.910. The second kappa shape index (κ2) is 5.16. The summed E-state index contributed by atoms with van der Waals surface area (Å²) in [6, 6.07) is 2.00. The van der Waals surface area contributed by atoms with Crippen molar-refractivity contribution in [2.45, 2.75) is 45.1 Å².